The van der Waals surface area contributed by atoms with Gasteiger partial charge in [0.25, 0.3) is 5.91 Å². The Kier molecular flexibility index (Phi) is 4.52. The molecule has 1 aromatic carbocycles. The van der Waals surface area contributed by atoms with Crippen molar-refractivity contribution in [3.05, 3.63) is 29.1 Å². The maximum Gasteiger partial charge on any atom is 0.303 e. The fourth-order valence-electron chi connectivity index (χ4n) is 2.11. The number of carbonyl (C=O) groups excluding carboxylic acids is 2. The Labute approximate surface area is 120 Å². The molecule has 1 aromatic rings. The van der Waals surface area contributed by atoms with Crippen LogP contribution in [-0.4, -0.2) is 29.4 Å². The third-order valence-corrected chi connectivity index (χ3v) is 3.19. The molecule has 21 heavy (non-hydrogen) atoms. The van der Waals surface area contributed by atoms with E-state index in [1.165, 1.54) is 6.07 Å². The molecule has 1 heterocycles. The summed E-state index contributed by atoms with van der Waals surface area (Å²) >= 11 is 0. The number of rotatable bonds is 5. The minimum atomic E-state index is -0.944. The lowest BCUT2D eigenvalue weighted by Gasteiger charge is -2.18. The average molecular weight is 294 g/mol. The third kappa shape index (κ3) is 3.77. The summed E-state index contributed by atoms with van der Waals surface area (Å²) in [6.45, 7) is 0.165. The van der Waals surface area contributed by atoms with E-state index in [2.05, 4.69) is 10.6 Å². The lowest BCUT2D eigenvalue weighted by molar-refractivity contribution is -0.137. The number of carboxylic acid groups (broad SMARTS) is 1. The van der Waals surface area contributed by atoms with Gasteiger partial charge in [0.1, 0.15) is 5.82 Å². The maximum atomic E-state index is 13.9. The van der Waals surface area contributed by atoms with Crippen LogP contribution in [0.3, 0.4) is 0 Å². The van der Waals surface area contributed by atoms with Crippen molar-refractivity contribution in [2.24, 2.45) is 0 Å². The fraction of sp³-hybridized carbons (Fsp3) is 0.357. The van der Waals surface area contributed by atoms with Crippen molar-refractivity contribution in [1.29, 1.82) is 0 Å². The highest BCUT2D eigenvalue weighted by Gasteiger charge is 2.20. The van der Waals surface area contributed by atoms with Gasteiger partial charge in [0.2, 0.25) is 5.91 Å². The summed E-state index contributed by atoms with van der Waals surface area (Å²) < 4.78 is 13.9. The molecule has 0 atom stereocenters. The van der Waals surface area contributed by atoms with Crippen LogP contribution in [0.2, 0.25) is 0 Å². The summed E-state index contributed by atoms with van der Waals surface area (Å²) in [6.07, 6.45) is 0.988. The van der Waals surface area contributed by atoms with Crippen molar-refractivity contribution in [1.82, 2.24) is 5.32 Å². The molecule has 0 saturated carbocycles. The molecule has 2 amide bonds. The first-order valence-corrected chi connectivity index (χ1v) is 6.59. The number of hydrogen-bond donors (Lipinski definition) is 3. The van der Waals surface area contributed by atoms with Crippen molar-refractivity contribution in [3.63, 3.8) is 0 Å². The molecule has 0 aliphatic carbocycles. The van der Waals surface area contributed by atoms with Gasteiger partial charge < -0.3 is 15.7 Å². The van der Waals surface area contributed by atoms with Crippen molar-refractivity contribution >= 4 is 23.5 Å². The van der Waals surface area contributed by atoms with Crippen LogP contribution < -0.4 is 10.6 Å². The van der Waals surface area contributed by atoms with Crippen LogP contribution in [0.15, 0.2) is 12.1 Å². The lowest BCUT2D eigenvalue weighted by Crippen LogP contribution is -2.27. The summed E-state index contributed by atoms with van der Waals surface area (Å²) in [6, 6.07) is 2.56. The molecule has 2 rings (SSSR count). The van der Waals surface area contributed by atoms with Crippen molar-refractivity contribution in [3.8, 4) is 0 Å². The van der Waals surface area contributed by atoms with Gasteiger partial charge in [-0.3, -0.25) is 14.4 Å². The molecule has 3 N–H and O–H groups in total. The van der Waals surface area contributed by atoms with Crippen LogP contribution in [0.4, 0.5) is 10.1 Å². The molecule has 6 nitrogen and oxygen atoms in total. The van der Waals surface area contributed by atoms with Gasteiger partial charge in [-0.2, -0.15) is 0 Å². The summed E-state index contributed by atoms with van der Waals surface area (Å²) in [5, 5.41) is 13.5. The molecular weight excluding hydrogens is 279 g/mol. The molecule has 0 saturated heterocycles. The molecule has 0 unspecified atom stereocenters. The standard InChI is InChI=1S/C14H15FN2O4/c15-10-7-11-8(3-4-12(18)17-11)6-9(10)14(21)16-5-1-2-13(19)20/h6-7H,1-5H2,(H,16,21)(H,17,18)(H,19,20). The van der Waals surface area contributed by atoms with Crippen molar-refractivity contribution < 1.29 is 23.9 Å². The Morgan fingerprint density at radius 3 is 2.81 bits per heavy atom. The summed E-state index contributed by atoms with van der Waals surface area (Å²) in [4.78, 5) is 33.4. The molecule has 7 heteroatoms. The Morgan fingerprint density at radius 1 is 1.33 bits per heavy atom. The quantitative estimate of drug-likeness (QED) is 0.713. The van der Waals surface area contributed by atoms with E-state index in [9.17, 15) is 18.8 Å². The molecular formula is C14H15FN2O4. The molecule has 1 aliphatic heterocycles. The number of carbonyl (C=O) groups is 3. The number of amides is 2. The second-order valence-corrected chi connectivity index (χ2v) is 4.79. The van der Waals surface area contributed by atoms with E-state index < -0.39 is 17.7 Å². The Bertz CT molecular complexity index is 601. The second-order valence-electron chi connectivity index (χ2n) is 4.79. The van der Waals surface area contributed by atoms with Gasteiger partial charge >= 0.3 is 5.97 Å². The zero-order chi connectivity index (χ0) is 15.4. The molecule has 0 fully saturated rings. The number of fused-ring (bicyclic) bond motifs is 1. The summed E-state index contributed by atoms with van der Waals surface area (Å²) in [7, 11) is 0. The lowest BCUT2D eigenvalue weighted by atomic mass is 9.99. The van der Waals surface area contributed by atoms with Gasteiger partial charge in [-0.15, -0.1) is 0 Å². The number of anilines is 1. The topological polar surface area (TPSA) is 95.5 Å². The van der Waals surface area contributed by atoms with Gasteiger partial charge in [0.05, 0.1) is 5.56 Å². The zero-order valence-electron chi connectivity index (χ0n) is 11.2. The van der Waals surface area contributed by atoms with Gasteiger partial charge in [-0.25, -0.2) is 4.39 Å². The smallest absolute Gasteiger partial charge is 0.303 e. The van der Waals surface area contributed by atoms with Crippen LogP contribution in [0, 0.1) is 5.82 Å². The first-order valence-electron chi connectivity index (χ1n) is 6.59. The SMILES string of the molecule is O=C(O)CCCNC(=O)c1cc2c(cc1F)NC(=O)CC2. The first kappa shape index (κ1) is 15.0. The number of carboxylic acids is 1. The Hall–Kier alpha value is -2.44. The molecule has 0 spiro atoms. The molecule has 0 aromatic heterocycles. The molecule has 0 radical (unpaired) electrons. The zero-order valence-corrected chi connectivity index (χ0v) is 11.2. The minimum Gasteiger partial charge on any atom is -0.481 e. The van der Waals surface area contributed by atoms with E-state index in [0.29, 0.717) is 24.1 Å². The average Bonchev–Trinajstić information content (AvgIpc) is 2.42. The van der Waals surface area contributed by atoms with E-state index in [-0.39, 0.29) is 30.9 Å². The van der Waals surface area contributed by atoms with E-state index in [1.54, 1.807) is 0 Å². The number of aryl methyl sites for hydroxylation is 1. The van der Waals surface area contributed by atoms with Gasteiger partial charge in [-0.1, -0.05) is 0 Å². The van der Waals surface area contributed by atoms with Crippen molar-refractivity contribution in [2.75, 3.05) is 11.9 Å². The number of nitrogens with one attached hydrogen (secondary N) is 2. The van der Waals surface area contributed by atoms with Crippen molar-refractivity contribution in [2.45, 2.75) is 25.7 Å². The highest BCUT2D eigenvalue weighted by molar-refractivity contribution is 5.98. The largest absolute Gasteiger partial charge is 0.481 e. The number of hydrogen-bond acceptors (Lipinski definition) is 3. The normalized spacial score (nSPS) is 13.3. The molecule has 112 valence electrons. The highest BCUT2D eigenvalue weighted by Crippen LogP contribution is 2.25. The van der Waals surface area contributed by atoms with E-state index >= 15 is 0 Å². The third-order valence-electron chi connectivity index (χ3n) is 3.19. The van der Waals surface area contributed by atoms with Crippen LogP contribution >= 0.6 is 0 Å². The number of aliphatic carboxylic acids is 1. The predicted molar refractivity (Wildman–Crippen MR) is 72.6 cm³/mol. The fourth-order valence-corrected chi connectivity index (χ4v) is 2.11. The number of halogens is 1. The highest BCUT2D eigenvalue weighted by atomic mass is 19.1. The van der Waals surface area contributed by atoms with Crippen LogP contribution in [-0.2, 0) is 16.0 Å². The van der Waals surface area contributed by atoms with Gasteiger partial charge in [0, 0.05) is 25.1 Å². The van der Waals surface area contributed by atoms with E-state index in [1.807, 2.05) is 0 Å². The minimum absolute atomic E-state index is 0.0566. The van der Waals surface area contributed by atoms with E-state index in [0.717, 1.165) is 6.07 Å². The number of benzene rings is 1. The van der Waals surface area contributed by atoms with Crippen LogP contribution in [0.25, 0.3) is 0 Å². The summed E-state index contributed by atoms with van der Waals surface area (Å²) in [5.41, 5.74) is 1.01. The van der Waals surface area contributed by atoms with Crippen LogP contribution in [0.5, 0.6) is 0 Å². The second kappa shape index (κ2) is 6.34. The first-order chi connectivity index (χ1) is 9.97. The van der Waals surface area contributed by atoms with Crippen LogP contribution in [0.1, 0.15) is 35.2 Å². The maximum absolute atomic E-state index is 13.9. The predicted octanol–water partition coefficient (Wildman–Crippen LogP) is 1.30. The summed E-state index contributed by atoms with van der Waals surface area (Å²) in [5.74, 6) is -2.42. The monoisotopic (exact) mass is 294 g/mol. The van der Waals surface area contributed by atoms with E-state index in [4.69, 9.17) is 5.11 Å². The molecule has 0 bridgehead atoms. The van der Waals surface area contributed by atoms with Gasteiger partial charge in [0.15, 0.2) is 0 Å². The molecule has 1 aliphatic rings. The Balaban J connectivity index is 2.04. The van der Waals surface area contributed by atoms with Gasteiger partial charge in [-0.05, 0) is 30.5 Å². The Morgan fingerprint density at radius 2 is 2.10 bits per heavy atom.